The van der Waals surface area contributed by atoms with Gasteiger partial charge in [-0.05, 0) is 36.9 Å². The second-order valence-electron chi connectivity index (χ2n) is 5.77. The van der Waals surface area contributed by atoms with Crippen LogP contribution in [0.4, 0.5) is 0 Å². The van der Waals surface area contributed by atoms with Gasteiger partial charge in [-0.25, -0.2) is 13.1 Å². The number of hydrogen-bond acceptors (Lipinski definition) is 3. The molecule has 0 spiro atoms. The third-order valence-corrected chi connectivity index (χ3v) is 5.64. The Morgan fingerprint density at radius 1 is 1.19 bits per heavy atom. The first kappa shape index (κ1) is 16.5. The molecule has 0 aromatic heterocycles. The Kier molecular flexibility index (Phi) is 6.21. The van der Waals surface area contributed by atoms with Crippen LogP contribution in [-0.4, -0.2) is 21.5 Å². The lowest BCUT2D eigenvalue weighted by molar-refractivity contribution is 0.297. The molecule has 0 amide bonds. The molecule has 0 heterocycles. The monoisotopic (exact) mass is 310 g/mol. The number of hydrogen-bond donors (Lipinski definition) is 2. The van der Waals surface area contributed by atoms with Crippen molar-refractivity contribution in [1.29, 1.82) is 0 Å². The molecule has 4 nitrogen and oxygen atoms in total. The van der Waals surface area contributed by atoms with E-state index in [0.29, 0.717) is 23.9 Å². The third-order valence-electron chi connectivity index (χ3n) is 4.07. The molecule has 1 aromatic carbocycles. The van der Waals surface area contributed by atoms with Gasteiger partial charge in [0.05, 0.1) is 4.90 Å². The van der Waals surface area contributed by atoms with Crippen LogP contribution in [0.5, 0.6) is 0 Å². The van der Waals surface area contributed by atoms with Gasteiger partial charge in [0.15, 0.2) is 0 Å². The van der Waals surface area contributed by atoms with Crippen LogP contribution in [-0.2, 0) is 16.6 Å². The van der Waals surface area contributed by atoms with Crippen molar-refractivity contribution < 1.29 is 8.42 Å². The smallest absolute Gasteiger partial charge is 0.240 e. The number of benzene rings is 1. The highest BCUT2D eigenvalue weighted by molar-refractivity contribution is 7.89. The van der Waals surface area contributed by atoms with E-state index in [1.54, 1.807) is 12.1 Å². The van der Waals surface area contributed by atoms with Crippen molar-refractivity contribution in [2.45, 2.75) is 50.5 Å². The number of nitrogens with one attached hydrogen (secondary N) is 2. The first-order valence-electron chi connectivity index (χ1n) is 7.91. The van der Waals surface area contributed by atoms with Crippen molar-refractivity contribution in [3.8, 4) is 0 Å². The maximum Gasteiger partial charge on any atom is 0.240 e. The molecule has 0 atom stereocenters. The van der Waals surface area contributed by atoms with Gasteiger partial charge in [-0.1, -0.05) is 44.4 Å². The summed E-state index contributed by atoms with van der Waals surface area (Å²) >= 11 is 0. The van der Waals surface area contributed by atoms with Gasteiger partial charge in [-0.2, -0.15) is 0 Å². The molecule has 5 heteroatoms. The lowest BCUT2D eigenvalue weighted by Crippen LogP contribution is -2.29. The van der Waals surface area contributed by atoms with Gasteiger partial charge in [0.25, 0.3) is 0 Å². The highest BCUT2D eigenvalue weighted by Crippen LogP contribution is 2.29. The molecule has 2 rings (SSSR count). The van der Waals surface area contributed by atoms with Crippen molar-refractivity contribution in [2.24, 2.45) is 5.92 Å². The average Bonchev–Trinajstić information content (AvgIpc) is 2.42. The Morgan fingerprint density at radius 2 is 1.95 bits per heavy atom. The predicted octanol–water partition coefficient (Wildman–Crippen LogP) is 2.65. The van der Waals surface area contributed by atoms with Crippen LogP contribution in [0, 0.1) is 5.92 Å². The van der Waals surface area contributed by atoms with E-state index in [1.807, 2.05) is 12.1 Å². The summed E-state index contributed by atoms with van der Waals surface area (Å²) in [4.78, 5) is 0.405. The summed E-state index contributed by atoms with van der Waals surface area (Å²) in [6.45, 7) is 4.12. The van der Waals surface area contributed by atoms with Crippen LogP contribution in [0.15, 0.2) is 29.2 Å². The second kappa shape index (κ2) is 7.92. The first-order valence-corrected chi connectivity index (χ1v) is 9.40. The summed E-state index contributed by atoms with van der Waals surface area (Å²) in [5.41, 5.74) is 0.835. The standard InChI is InChI=1S/C16H26N2O2S/c1-2-11-17-13-15-8-3-4-9-16(15)21(19,20)18-12-10-14-6-5-7-14/h3-4,8-9,14,17-18H,2,5-7,10-13H2,1H3. The van der Waals surface area contributed by atoms with E-state index in [9.17, 15) is 8.42 Å². The topological polar surface area (TPSA) is 58.2 Å². The molecule has 1 saturated carbocycles. The Labute approximate surface area is 128 Å². The molecule has 2 N–H and O–H groups in total. The van der Waals surface area contributed by atoms with Gasteiger partial charge in [-0.3, -0.25) is 0 Å². The fourth-order valence-corrected chi connectivity index (χ4v) is 3.85. The summed E-state index contributed by atoms with van der Waals surface area (Å²) in [5.74, 6) is 0.717. The molecule has 0 saturated heterocycles. The minimum atomic E-state index is -3.40. The van der Waals surface area contributed by atoms with E-state index in [1.165, 1.54) is 19.3 Å². The van der Waals surface area contributed by atoms with E-state index in [-0.39, 0.29) is 0 Å². The predicted molar refractivity (Wildman–Crippen MR) is 85.6 cm³/mol. The van der Waals surface area contributed by atoms with E-state index >= 15 is 0 Å². The van der Waals surface area contributed by atoms with Gasteiger partial charge in [0.2, 0.25) is 10.0 Å². The summed E-state index contributed by atoms with van der Waals surface area (Å²) in [7, 11) is -3.40. The molecule has 21 heavy (non-hydrogen) atoms. The average molecular weight is 310 g/mol. The highest BCUT2D eigenvalue weighted by atomic mass is 32.2. The van der Waals surface area contributed by atoms with Crippen molar-refractivity contribution in [2.75, 3.05) is 13.1 Å². The maximum atomic E-state index is 12.4. The number of sulfonamides is 1. The normalized spacial score (nSPS) is 15.9. The molecular weight excluding hydrogens is 284 g/mol. The van der Waals surface area contributed by atoms with E-state index in [2.05, 4.69) is 17.0 Å². The second-order valence-corrected chi connectivity index (χ2v) is 7.50. The zero-order valence-electron chi connectivity index (χ0n) is 12.8. The van der Waals surface area contributed by atoms with Crippen LogP contribution in [0.3, 0.4) is 0 Å². The van der Waals surface area contributed by atoms with E-state index < -0.39 is 10.0 Å². The molecule has 1 aliphatic rings. The van der Waals surface area contributed by atoms with Crippen LogP contribution in [0.25, 0.3) is 0 Å². The SMILES string of the molecule is CCCNCc1ccccc1S(=O)(=O)NCCC1CCC1. The molecule has 1 aromatic rings. The van der Waals surface area contributed by atoms with Gasteiger partial charge in [-0.15, -0.1) is 0 Å². The third kappa shape index (κ3) is 4.80. The highest BCUT2D eigenvalue weighted by Gasteiger charge is 2.20. The molecule has 1 aliphatic carbocycles. The summed E-state index contributed by atoms with van der Waals surface area (Å²) < 4.78 is 27.6. The van der Waals surface area contributed by atoms with Crippen LogP contribution < -0.4 is 10.0 Å². The fourth-order valence-electron chi connectivity index (χ4n) is 2.57. The van der Waals surface area contributed by atoms with Gasteiger partial charge < -0.3 is 5.32 Å². The van der Waals surface area contributed by atoms with Crippen LogP contribution >= 0.6 is 0 Å². The van der Waals surface area contributed by atoms with Gasteiger partial charge in [0.1, 0.15) is 0 Å². The molecule has 0 radical (unpaired) electrons. The van der Waals surface area contributed by atoms with Crippen molar-refractivity contribution in [1.82, 2.24) is 10.0 Å². The van der Waals surface area contributed by atoms with Gasteiger partial charge >= 0.3 is 0 Å². The Balaban J connectivity index is 1.96. The van der Waals surface area contributed by atoms with Crippen molar-refractivity contribution in [3.05, 3.63) is 29.8 Å². The van der Waals surface area contributed by atoms with Gasteiger partial charge in [0, 0.05) is 13.1 Å². The minimum absolute atomic E-state index is 0.405. The molecule has 0 unspecified atom stereocenters. The van der Waals surface area contributed by atoms with Crippen LogP contribution in [0.1, 0.15) is 44.6 Å². The summed E-state index contributed by atoms with van der Waals surface area (Å²) in [5, 5.41) is 3.26. The van der Waals surface area contributed by atoms with Crippen molar-refractivity contribution in [3.63, 3.8) is 0 Å². The number of rotatable bonds is 9. The lowest BCUT2D eigenvalue weighted by atomic mass is 9.83. The zero-order valence-corrected chi connectivity index (χ0v) is 13.6. The largest absolute Gasteiger partial charge is 0.313 e. The Bertz CT molecular complexity index is 539. The minimum Gasteiger partial charge on any atom is -0.313 e. The quantitative estimate of drug-likeness (QED) is 0.689. The molecule has 1 fully saturated rings. The van der Waals surface area contributed by atoms with Crippen molar-refractivity contribution >= 4 is 10.0 Å². The molecule has 0 bridgehead atoms. The molecule has 118 valence electrons. The zero-order chi connectivity index (χ0) is 15.1. The summed E-state index contributed by atoms with van der Waals surface area (Å²) in [6, 6.07) is 7.23. The fraction of sp³-hybridized carbons (Fsp3) is 0.625. The Morgan fingerprint density at radius 3 is 2.62 bits per heavy atom. The molecular formula is C16H26N2O2S. The van der Waals surface area contributed by atoms with Crippen LogP contribution in [0.2, 0.25) is 0 Å². The summed E-state index contributed by atoms with van der Waals surface area (Å²) in [6.07, 6.45) is 5.78. The maximum absolute atomic E-state index is 12.4. The molecule has 0 aliphatic heterocycles. The first-order chi connectivity index (χ1) is 10.1. The lowest BCUT2D eigenvalue weighted by Gasteiger charge is -2.25. The Hall–Kier alpha value is -0.910. The van der Waals surface area contributed by atoms with E-state index in [4.69, 9.17) is 0 Å². The van der Waals surface area contributed by atoms with E-state index in [0.717, 1.165) is 24.9 Å².